The third-order valence-corrected chi connectivity index (χ3v) is 5.02. The first kappa shape index (κ1) is 19.9. The number of nitrogens with one attached hydrogen (secondary N) is 2. The molecule has 2 amide bonds. The van der Waals surface area contributed by atoms with Crippen LogP contribution >= 0.6 is 11.3 Å². The van der Waals surface area contributed by atoms with E-state index in [1.807, 2.05) is 0 Å². The molecule has 1 aromatic carbocycles. The minimum absolute atomic E-state index is 0.352. The Labute approximate surface area is 152 Å². The van der Waals surface area contributed by atoms with Gasteiger partial charge in [0.05, 0.1) is 22.3 Å². The van der Waals surface area contributed by atoms with Gasteiger partial charge in [0.15, 0.2) is 17.5 Å². The zero-order chi connectivity index (χ0) is 19.6. The molecule has 1 atom stereocenters. The van der Waals surface area contributed by atoms with Crippen molar-refractivity contribution in [2.24, 2.45) is 0 Å². The van der Waals surface area contributed by atoms with E-state index >= 15 is 0 Å². The van der Waals surface area contributed by atoms with Gasteiger partial charge in [-0.25, -0.2) is 18.2 Å². The van der Waals surface area contributed by atoms with Gasteiger partial charge in [0.25, 0.3) is 11.8 Å². The number of carbonyl (C=O) groups is 2. The monoisotopic (exact) mass is 385 g/mol. The van der Waals surface area contributed by atoms with Gasteiger partial charge in [-0.1, -0.05) is 0 Å². The van der Waals surface area contributed by atoms with Gasteiger partial charge in [-0.2, -0.15) is 0 Å². The predicted molar refractivity (Wildman–Crippen MR) is 91.6 cm³/mol. The van der Waals surface area contributed by atoms with E-state index in [0.29, 0.717) is 16.6 Å². The molecule has 0 aliphatic carbocycles. The van der Waals surface area contributed by atoms with E-state index in [2.05, 4.69) is 15.6 Å². The number of amides is 2. The first-order valence-electron chi connectivity index (χ1n) is 7.71. The molecule has 0 radical (unpaired) electrons. The molecule has 1 aromatic heterocycles. The van der Waals surface area contributed by atoms with Crippen LogP contribution in [0.15, 0.2) is 17.6 Å². The fourth-order valence-corrected chi connectivity index (χ4v) is 2.83. The summed E-state index contributed by atoms with van der Waals surface area (Å²) >= 11 is 1.19. The van der Waals surface area contributed by atoms with Crippen LogP contribution in [-0.4, -0.2) is 28.4 Å². The minimum Gasteiger partial charge on any atom is -0.347 e. The molecule has 0 aliphatic heterocycles. The number of hydrogen-bond acceptors (Lipinski definition) is 4. The van der Waals surface area contributed by atoms with E-state index in [1.54, 1.807) is 33.2 Å². The van der Waals surface area contributed by atoms with Gasteiger partial charge in [0.1, 0.15) is 4.88 Å². The van der Waals surface area contributed by atoms with Gasteiger partial charge in [-0.3, -0.25) is 9.59 Å². The quantitative estimate of drug-likeness (QED) is 0.777. The van der Waals surface area contributed by atoms with Gasteiger partial charge in [0.2, 0.25) is 0 Å². The fraction of sp³-hybridized carbons (Fsp3) is 0.353. The molecule has 0 saturated heterocycles. The molecule has 0 bridgehead atoms. The Morgan fingerprint density at radius 1 is 1.15 bits per heavy atom. The number of thiazole rings is 1. The number of benzene rings is 1. The van der Waals surface area contributed by atoms with Crippen molar-refractivity contribution < 1.29 is 22.8 Å². The average Bonchev–Trinajstić information content (AvgIpc) is 2.98. The lowest BCUT2D eigenvalue weighted by molar-refractivity contribution is 0.0848. The Hall–Kier alpha value is -2.42. The van der Waals surface area contributed by atoms with Crippen molar-refractivity contribution in [3.8, 4) is 0 Å². The maximum absolute atomic E-state index is 13.7. The first-order valence-corrected chi connectivity index (χ1v) is 8.59. The maximum atomic E-state index is 13.7. The van der Waals surface area contributed by atoms with Crippen molar-refractivity contribution in [2.45, 2.75) is 39.3 Å². The molecule has 0 fully saturated rings. The van der Waals surface area contributed by atoms with E-state index in [0.717, 1.165) is 6.07 Å². The van der Waals surface area contributed by atoms with Crippen LogP contribution in [0.4, 0.5) is 13.2 Å². The number of aromatic nitrogens is 1. The summed E-state index contributed by atoms with van der Waals surface area (Å²) in [6.45, 7) is 6.66. The number of nitrogens with zero attached hydrogens (tertiary/aromatic N) is 1. The highest BCUT2D eigenvalue weighted by Crippen LogP contribution is 2.18. The Morgan fingerprint density at radius 3 is 2.38 bits per heavy atom. The predicted octanol–water partition coefficient (Wildman–Crippen LogP) is 3.20. The number of hydrogen-bond donors (Lipinski definition) is 2. The van der Waals surface area contributed by atoms with E-state index in [-0.39, 0.29) is 5.91 Å². The average molecular weight is 385 g/mol. The van der Waals surface area contributed by atoms with Crippen LogP contribution in [0.25, 0.3) is 0 Å². The maximum Gasteiger partial charge on any atom is 0.263 e. The summed E-state index contributed by atoms with van der Waals surface area (Å²) in [4.78, 5) is 29.0. The van der Waals surface area contributed by atoms with Crippen molar-refractivity contribution in [3.63, 3.8) is 0 Å². The third kappa shape index (κ3) is 4.04. The summed E-state index contributed by atoms with van der Waals surface area (Å²) in [5, 5.41) is 5.27. The van der Waals surface area contributed by atoms with Gasteiger partial charge in [0, 0.05) is 6.04 Å². The molecule has 0 spiro atoms. The van der Waals surface area contributed by atoms with Crippen molar-refractivity contribution in [1.29, 1.82) is 0 Å². The molecule has 1 heterocycles. The molecule has 1 unspecified atom stereocenters. The number of carbonyl (C=O) groups excluding carboxylic acids is 2. The van der Waals surface area contributed by atoms with Gasteiger partial charge < -0.3 is 10.6 Å². The van der Waals surface area contributed by atoms with Crippen LogP contribution < -0.4 is 10.6 Å². The van der Waals surface area contributed by atoms with Crippen LogP contribution in [0.5, 0.6) is 0 Å². The number of rotatable bonds is 5. The molecule has 140 valence electrons. The van der Waals surface area contributed by atoms with Crippen molar-refractivity contribution in [1.82, 2.24) is 15.6 Å². The summed E-state index contributed by atoms with van der Waals surface area (Å²) in [7, 11) is 0. The largest absolute Gasteiger partial charge is 0.347 e. The second-order valence-electron chi connectivity index (χ2n) is 6.36. The highest BCUT2D eigenvalue weighted by molar-refractivity contribution is 7.11. The summed E-state index contributed by atoms with van der Waals surface area (Å²) in [6, 6.07) is 0.902. The minimum atomic E-state index is -1.71. The zero-order valence-electron chi connectivity index (χ0n) is 14.6. The number of halogens is 3. The highest BCUT2D eigenvalue weighted by atomic mass is 32.1. The van der Waals surface area contributed by atoms with Crippen molar-refractivity contribution in [2.75, 3.05) is 0 Å². The summed E-state index contributed by atoms with van der Waals surface area (Å²) in [5.41, 5.74) is 0.618. The van der Waals surface area contributed by atoms with Crippen LogP contribution in [0, 0.1) is 24.4 Å². The van der Waals surface area contributed by atoms with Crippen LogP contribution in [-0.2, 0) is 0 Å². The molecular formula is C17H18F3N3O2S. The molecular weight excluding hydrogens is 367 g/mol. The zero-order valence-corrected chi connectivity index (χ0v) is 15.4. The van der Waals surface area contributed by atoms with E-state index in [1.165, 1.54) is 11.3 Å². The van der Waals surface area contributed by atoms with E-state index in [9.17, 15) is 22.8 Å². The van der Waals surface area contributed by atoms with Gasteiger partial charge >= 0.3 is 0 Å². The van der Waals surface area contributed by atoms with Crippen LogP contribution in [0.1, 0.15) is 46.5 Å². The topological polar surface area (TPSA) is 71.1 Å². The lowest BCUT2D eigenvalue weighted by Crippen LogP contribution is -2.57. The van der Waals surface area contributed by atoms with E-state index in [4.69, 9.17) is 0 Å². The van der Waals surface area contributed by atoms with Crippen LogP contribution in [0.3, 0.4) is 0 Å². The second kappa shape index (κ2) is 7.45. The Balaban J connectivity index is 2.11. The molecule has 5 nitrogen and oxygen atoms in total. The standard InChI is InChI=1S/C17H18F3N3O2S/c1-8-14(26-7-21-8)16(25)23-17(3,4)9(2)22-15(24)10-5-6-11(18)13(20)12(10)19/h5-7,9H,1-4H3,(H,22,24)(H,23,25). The lowest BCUT2D eigenvalue weighted by Gasteiger charge is -2.33. The molecule has 2 rings (SSSR count). The Bertz CT molecular complexity index is 852. The molecule has 0 aliphatic rings. The Morgan fingerprint density at radius 2 is 1.81 bits per heavy atom. The fourth-order valence-electron chi connectivity index (χ4n) is 2.13. The Kier molecular flexibility index (Phi) is 5.70. The normalized spacial score (nSPS) is 12.6. The van der Waals surface area contributed by atoms with Gasteiger partial charge in [-0.15, -0.1) is 11.3 Å². The van der Waals surface area contributed by atoms with Crippen LogP contribution in [0.2, 0.25) is 0 Å². The highest BCUT2D eigenvalue weighted by Gasteiger charge is 2.31. The lowest BCUT2D eigenvalue weighted by atomic mass is 9.95. The smallest absolute Gasteiger partial charge is 0.263 e. The summed E-state index contributed by atoms with van der Waals surface area (Å²) in [6.07, 6.45) is 0. The SMILES string of the molecule is Cc1ncsc1C(=O)NC(C)(C)C(C)NC(=O)c1ccc(F)c(F)c1F. The second-order valence-corrected chi connectivity index (χ2v) is 7.22. The summed E-state index contributed by atoms with van der Waals surface area (Å²) < 4.78 is 40.0. The van der Waals surface area contributed by atoms with Crippen molar-refractivity contribution >= 4 is 23.2 Å². The molecule has 2 aromatic rings. The first-order chi connectivity index (χ1) is 12.0. The third-order valence-electron chi connectivity index (χ3n) is 4.10. The molecule has 0 saturated carbocycles. The molecule has 9 heteroatoms. The van der Waals surface area contributed by atoms with E-state index < -0.39 is 40.5 Å². The van der Waals surface area contributed by atoms with Gasteiger partial charge in [-0.05, 0) is 39.8 Å². The molecule has 26 heavy (non-hydrogen) atoms. The van der Waals surface area contributed by atoms with Crippen molar-refractivity contribution in [3.05, 3.63) is 51.2 Å². The number of aryl methyl sites for hydroxylation is 1. The summed E-state index contributed by atoms with van der Waals surface area (Å²) in [5.74, 6) is -5.91. The molecule has 2 N–H and O–H groups in total.